The highest BCUT2D eigenvalue weighted by molar-refractivity contribution is 4.96. The normalized spacial score (nSPS) is 40.4. The average molecular weight is 131 g/mol. The third kappa shape index (κ3) is 0.896. The first-order chi connectivity index (χ1) is 4.18. The molecule has 0 bridgehead atoms. The van der Waals surface area contributed by atoms with Crippen LogP contribution in [0.2, 0.25) is 0 Å². The van der Waals surface area contributed by atoms with Crippen molar-refractivity contribution in [3.63, 3.8) is 0 Å². The van der Waals surface area contributed by atoms with E-state index in [-0.39, 0.29) is 16.9 Å². The van der Waals surface area contributed by atoms with Gasteiger partial charge < -0.3 is 4.74 Å². The van der Waals surface area contributed by atoms with Crippen LogP contribution in [0.15, 0.2) is 0 Å². The van der Waals surface area contributed by atoms with Crippen molar-refractivity contribution in [2.75, 3.05) is 7.11 Å². The van der Waals surface area contributed by atoms with Crippen LogP contribution >= 0.6 is 0 Å². The van der Waals surface area contributed by atoms with E-state index in [4.69, 9.17) is 4.74 Å². The molecule has 3 atom stereocenters. The Hall–Kier alpha value is -0.640. The molecule has 4 heteroatoms. The lowest BCUT2D eigenvalue weighted by atomic mass is 10.5. The van der Waals surface area contributed by atoms with E-state index in [1.54, 1.807) is 0 Å². The van der Waals surface area contributed by atoms with Gasteiger partial charge in [-0.1, -0.05) is 6.92 Å². The summed E-state index contributed by atoms with van der Waals surface area (Å²) in [5.41, 5.74) is 0. The smallest absolute Gasteiger partial charge is 0.244 e. The van der Waals surface area contributed by atoms with Gasteiger partial charge in [-0.3, -0.25) is 10.1 Å². The van der Waals surface area contributed by atoms with E-state index in [2.05, 4.69) is 0 Å². The number of hydrogen-bond acceptors (Lipinski definition) is 3. The molecule has 1 fully saturated rings. The fraction of sp³-hybridized carbons (Fsp3) is 1.00. The molecule has 0 aromatic carbocycles. The van der Waals surface area contributed by atoms with Crippen molar-refractivity contribution in [3.8, 4) is 0 Å². The number of ether oxygens (including phenoxy) is 1. The van der Waals surface area contributed by atoms with Crippen molar-refractivity contribution in [2.45, 2.75) is 19.1 Å². The van der Waals surface area contributed by atoms with Gasteiger partial charge in [0.05, 0.1) is 5.92 Å². The highest BCUT2D eigenvalue weighted by Crippen LogP contribution is 2.35. The summed E-state index contributed by atoms with van der Waals surface area (Å²) in [7, 11) is 1.50. The molecule has 4 nitrogen and oxygen atoms in total. The van der Waals surface area contributed by atoms with Gasteiger partial charge in [-0.25, -0.2) is 0 Å². The maximum Gasteiger partial charge on any atom is 0.244 e. The molecule has 9 heavy (non-hydrogen) atoms. The van der Waals surface area contributed by atoms with Crippen molar-refractivity contribution in [1.29, 1.82) is 0 Å². The van der Waals surface area contributed by atoms with E-state index in [1.807, 2.05) is 6.92 Å². The van der Waals surface area contributed by atoms with Crippen LogP contribution in [0.5, 0.6) is 0 Å². The third-order valence-electron chi connectivity index (χ3n) is 1.77. The predicted octanol–water partition coefficient (Wildman–Crippen LogP) is 0.296. The van der Waals surface area contributed by atoms with E-state index >= 15 is 0 Å². The maximum absolute atomic E-state index is 10.1. The second-order valence-corrected chi connectivity index (χ2v) is 2.34. The molecule has 0 heterocycles. The summed E-state index contributed by atoms with van der Waals surface area (Å²) in [5.74, 6) is 0.102. The monoisotopic (exact) mass is 131 g/mol. The summed E-state index contributed by atoms with van der Waals surface area (Å²) in [6.45, 7) is 1.82. The molecular formula is C5H9NO3. The average Bonchev–Trinajstić information content (AvgIpc) is 2.40. The number of rotatable bonds is 2. The van der Waals surface area contributed by atoms with E-state index in [1.165, 1.54) is 7.11 Å². The Kier molecular flexibility index (Phi) is 1.40. The van der Waals surface area contributed by atoms with Gasteiger partial charge in [-0.05, 0) is 0 Å². The lowest BCUT2D eigenvalue weighted by Gasteiger charge is -1.86. The number of nitro groups is 1. The van der Waals surface area contributed by atoms with E-state index in [0.717, 1.165) is 0 Å². The highest BCUT2D eigenvalue weighted by atomic mass is 16.6. The van der Waals surface area contributed by atoms with Gasteiger partial charge in [0.2, 0.25) is 6.04 Å². The van der Waals surface area contributed by atoms with Crippen molar-refractivity contribution in [1.82, 2.24) is 0 Å². The largest absolute Gasteiger partial charge is 0.374 e. The SMILES string of the molecule is COC1C(C)C1[N+](=O)[O-]. The zero-order chi connectivity index (χ0) is 7.02. The summed E-state index contributed by atoms with van der Waals surface area (Å²) in [5, 5.41) is 10.1. The topological polar surface area (TPSA) is 52.4 Å². The van der Waals surface area contributed by atoms with Gasteiger partial charge in [-0.2, -0.15) is 0 Å². The first kappa shape index (κ1) is 6.48. The number of hydrogen-bond donors (Lipinski definition) is 0. The van der Waals surface area contributed by atoms with Crippen LogP contribution in [0.4, 0.5) is 0 Å². The summed E-state index contributed by atoms with van der Waals surface area (Å²) >= 11 is 0. The highest BCUT2D eigenvalue weighted by Gasteiger charge is 2.58. The van der Waals surface area contributed by atoms with Crippen LogP contribution < -0.4 is 0 Å². The summed E-state index contributed by atoms with van der Waals surface area (Å²) in [6.07, 6.45) is -0.139. The summed E-state index contributed by atoms with van der Waals surface area (Å²) < 4.78 is 4.81. The van der Waals surface area contributed by atoms with E-state index < -0.39 is 6.04 Å². The molecule has 0 radical (unpaired) electrons. The van der Waals surface area contributed by atoms with Gasteiger partial charge in [0, 0.05) is 12.0 Å². The molecular weight excluding hydrogens is 122 g/mol. The zero-order valence-corrected chi connectivity index (χ0v) is 5.40. The Balaban J connectivity index is 2.42. The fourth-order valence-electron chi connectivity index (χ4n) is 1.07. The molecule has 1 saturated carbocycles. The molecule has 1 aliphatic carbocycles. The second kappa shape index (κ2) is 1.95. The molecule has 0 aliphatic heterocycles. The molecule has 1 aliphatic rings. The molecule has 0 aromatic heterocycles. The molecule has 1 rings (SSSR count). The number of nitrogens with zero attached hydrogens (tertiary/aromatic N) is 1. The van der Waals surface area contributed by atoms with Crippen LogP contribution in [-0.4, -0.2) is 24.2 Å². The van der Waals surface area contributed by atoms with Crippen LogP contribution in [0, 0.1) is 16.0 Å². The molecule has 3 unspecified atom stereocenters. The molecule has 0 aromatic rings. The lowest BCUT2D eigenvalue weighted by molar-refractivity contribution is -0.502. The van der Waals surface area contributed by atoms with Crippen molar-refractivity contribution < 1.29 is 9.66 Å². The fourth-order valence-corrected chi connectivity index (χ4v) is 1.07. The van der Waals surface area contributed by atoms with Crippen LogP contribution in [0.1, 0.15) is 6.92 Å². The standard InChI is InChI=1S/C5H9NO3/c1-3-4(6(7)8)5(3)9-2/h3-5H,1-2H3. The Labute approximate surface area is 53.0 Å². The summed E-state index contributed by atoms with van der Waals surface area (Å²) in [4.78, 5) is 9.79. The quantitative estimate of drug-likeness (QED) is 0.400. The van der Waals surface area contributed by atoms with Gasteiger partial charge in [0.15, 0.2) is 0 Å². The Morgan fingerprint density at radius 2 is 2.22 bits per heavy atom. The van der Waals surface area contributed by atoms with E-state index in [9.17, 15) is 10.1 Å². The van der Waals surface area contributed by atoms with Gasteiger partial charge in [0.1, 0.15) is 6.10 Å². The first-order valence-electron chi connectivity index (χ1n) is 2.84. The van der Waals surface area contributed by atoms with Crippen LogP contribution in [-0.2, 0) is 4.74 Å². The minimum atomic E-state index is -0.449. The second-order valence-electron chi connectivity index (χ2n) is 2.34. The van der Waals surface area contributed by atoms with Crippen LogP contribution in [0.25, 0.3) is 0 Å². The van der Waals surface area contributed by atoms with Gasteiger partial charge in [-0.15, -0.1) is 0 Å². The minimum absolute atomic E-state index is 0.102. The molecule has 0 saturated heterocycles. The Morgan fingerprint density at radius 1 is 1.67 bits per heavy atom. The molecule has 0 spiro atoms. The van der Waals surface area contributed by atoms with E-state index in [0.29, 0.717) is 0 Å². The lowest BCUT2D eigenvalue weighted by Crippen LogP contribution is -2.07. The molecule has 0 amide bonds. The van der Waals surface area contributed by atoms with Gasteiger partial charge >= 0.3 is 0 Å². The Morgan fingerprint density at radius 3 is 2.33 bits per heavy atom. The maximum atomic E-state index is 10.1. The van der Waals surface area contributed by atoms with Crippen LogP contribution in [0.3, 0.4) is 0 Å². The van der Waals surface area contributed by atoms with Crippen molar-refractivity contribution >= 4 is 0 Å². The van der Waals surface area contributed by atoms with Crippen molar-refractivity contribution in [2.24, 2.45) is 5.92 Å². The van der Waals surface area contributed by atoms with Gasteiger partial charge in [0.25, 0.3) is 0 Å². The predicted molar refractivity (Wildman–Crippen MR) is 30.7 cm³/mol. The zero-order valence-electron chi connectivity index (χ0n) is 5.40. The molecule has 0 N–H and O–H groups in total. The first-order valence-corrected chi connectivity index (χ1v) is 2.84. The molecule has 52 valence electrons. The number of methoxy groups -OCH3 is 1. The Bertz CT molecular complexity index is 136. The third-order valence-corrected chi connectivity index (χ3v) is 1.77. The summed E-state index contributed by atoms with van der Waals surface area (Å²) in [6, 6.07) is -0.449. The minimum Gasteiger partial charge on any atom is -0.374 e. The van der Waals surface area contributed by atoms with Crippen molar-refractivity contribution in [3.05, 3.63) is 10.1 Å².